The largest absolute Gasteiger partial charge is 0.416 e. The predicted molar refractivity (Wildman–Crippen MR) is 100 cm³/mol. The highest BCUT2D eigenvalue weighted by molar-refractivity contribution is 7.11. The first-order valence-corrected chi connectivity index (χ1v) is 9.89. The van der Waals surface area contributed by atoms with E-state index >= 15 is 0 Å². The van der Waals surface area contributed by atoms with Crippen molar-refractivity contribution in [2.75, 3.05) is 18.4 Å². The first-order valence-electron chi connectivity index (χ1n) is 9.07. The van der Waals surface area contributed by atoms with Gasteiger partial charge >= 0.3 is 6.18 Å². The van der Waals surface area contributed by atoms with Crippen LogP contribution in [0.2, 0.25) is 0 Å². The summed E-state index contributed by atoms with van der Waals surface area (Å²) in [6.07, 6.45) is 1.89. The van der Waals surface area contributed by atoms with E-state index in [9.17, 15) is 18.0 Å². The van der Waals surface area contributed by atoms with Crippen molar-refractivity contribution < 1.29 is 18.0 Å². The fourth-order valence-corrected chi connectivity index (χ4v) is 4.23. The molecular formula is C19H22F3N3OS. The molecule has 4 nitrogen and oxygen atoms in total. The number of halogens is 3. The van der Waals surface area contributed by atoms with Crippen LogP contribution in [0.25, 0.3) is 0 Å². The van der Waals surface area contributed by atoms with Crippen molar-refractivity contribution in [2.24, 2.45) is 0 Å². The lowest BCUT2D eigenvalue weighted by Gasteiger charge is -2.10. The molecule has 1 aliphatic rings. The molecule has 0 unspecified atom stereocenters. The minimum absolute atomic E-state index is 0.0626. The first-order chi connectivity index (χ1) is 12.9. The van der Waals surface area contributed by atoms with Gasteiger partial charge < -0.3 is 10.6 Å². The van der Waals surface area contributed by atoms with Gasteiger partial charge in [-0.05, 0) is 50.3 Å². The molecule has 146 valence electrons. The molecule has 1 aliphatic carbocycles. The molecule has 0 atom stereocenters. The normalized spacial score (nSPS) is 13.9. The van der Waals surface area contributed by atoms with Gasteiger partial charge in [0.05, 0.1) is 22.8 Å². The van der Waals surface area contributed by atoms with E-state index in [2.05, 4.69) is 15.6 Å². The van der Waals surface area contributed by atoms with Crippen molar-refractivity contribution in [3.63, 3.8) is 0 Å². The number of carbonyl (C=O) groups excluding carboxylic acids is 1. The number of nitrogens with one attached hydrogen (secondary N) is 2. The Balaban J connectivity index is 1.37. The monoisotopic (exact) mass is 397 g/mol. The summed E-state index contributed by atoms with van der Waals surface area (Å²) in [6.45, 7) is 0.459. The molecule has 2 aromatic rings. The summed E-state index contributed by atoms with van der Waals surface area (Å²) >= 11 is 1.78. The van der Waals surface area contributed by atoms with Crippen LogP contribution in [0.5, 0.6) is 0 Å². The Labute approximate surface area is 160 Å². The SMILES string of the molecule is O=C(CNc1cccc(C(F)(F)F)c1)NCCCc1nc2c(s1)CCCC2. The number of nitrogens with zero attached hydrogens (tertiary/aromatic N) is 1. The van der Waals surface area contributed by atoms with Crippen LogP contribution in [-0.2, 0) is 30.2 Å². The number of benzene rings is 1. The summed E-state index contributed by atoms with van der Waals surface area (Å²) in [5.41, 5.74) is 0.781. The number of carbonyl (C=O) groups is 1. The third-order valence-corrected chi connectivity index (χ3v) is 5.64. The number of aryl methyl sites for hydroxylation is 3. The summed E-state index contributed by atoms with van der Waals surface area (Å²) in [6, 6.07) is 4.82. The first kappa shape index (κ1) is 19.7. The molecule has 1 aromatic carbocycles. The standard InChI is InChI=1S/C19H22F3N3OS/c20-19(21,22)13-5-3-6-14(11-13)24-12-17(26)23-10-4-9-18-25-15-7-1-2-8-16(15)27-18/h3,5-6,11,24H,1-2,4,7-10,12H2,(H,23,26). The molecule has 0 bridgehead atoms. The van der Waals surface area contributed by atoms with Crippen molar-refractivity contribution >= 4 is 22.9 Å². The predicted octanol–water partition coefficient (Wildman–Crippen LogP) is 4.20. The van der Waals surface area contributed by atoms with Gasteiger partial charge in [0.15, 0.2) is 0 Å². The Hall–Kier alpha value is -2.09. The van der Waals surface area contributed by atoms with E-state index in [0.29, 0.717) is 6.54 Å². The maximum Gasteiger partial charge on any atom is 0.416 e. The Morgan fingerprint density at radius 3 is 2.81 bits per heavy atom. The summed E-state index contributed by atoms with van der Waals surface area (Å²) in [4.78, 5) is 17.9. The number of rotatable bonds is 7. The highest BCUT2D eigenvalue weighted by Crippen LogP contribution is 2.30. The molecule has 3 rings (SSSR count). The van der Waals surface area contributed by atoms with Crippen LogP contribution in [-0.4, -0.2) is 24.0 Å². The summed E-state index contributed by atoms with van der Waals surface area (Å²) in [5, 5.41) is 6.63. The van der Waals surface area contributed by atoms with E-state index in [1.165, 1.54) is 35.5 Å². The van der Waals surface area contributed by atoms with Crippen molar-refractivity contribution in [2.45, 2.75) is 44.7 Å². The molecule has 0 aliphatic heterocycles. The van der Waals surface area contributed by atoms with Crippen LogP contribution in [0.15, 0.2) is 24.3 Å². The zero-order valence-corrected chi connectivity index (χ0v) is 15.7. The average Bonchev–Trinajstić information content (AvgIpc) is 3.06. The zero-order chi connectivity index (χ0) is 19.3. The zero-order valence-electron chi connectivity index (χ0n) is 14.9. The number of hydrogen-bond acceptors (Lipinski definition) is 4. The van der Waals surface area contributed by atoms with E-state index in [0.717, 1.165) is 42.8 Å². The molecular weight excluding hydrogens is 375 g/mol. The topological polar surface area (TPSA) is 54.0 Å². The molecule has 0 saturated heterocycles. The Morgan fingerprint density at radius 2 is 2.04 bits per heavy atom. The third-order valence-electron chi connectivity index (χ3n) is 4.42. The molecule has 0 spiro atoms. The van der Waals surface area contributed by atoms with E-state index < -0.39 is 11.7 Å². The molecule has 8 heteroatoms. The lowest BCUT2D eigenvalue weighted by atomic mass is 10.0. The van der Waals surface area contributed by atoms with Gasteiger partial charge in [-0.25, -0.2) is 4.98 Å². The van der Waals surface area contributed by atoms with Crippen LogP contribution < -0.4 is 10.6 Å². The molecule has 0 fully saturated rings. The van der Waals surface area contributed by atoms with Crippen LogP contribution >= 0.6 is 11.3 Å². The van der Waals surface area contributed by atoms with Crippen molar-refractivity contribution in [3.8, 4) is 0 Å². The van der Waals surface area contributed by atoms with Crippen LogP contribution in [0.4, 0.5) is 18.9 Å². The third kappa shape index (κ3) is 5.69. The second-order valence-electron chi connectivity index (χ2n) is 6.57. The Morgan fingerprint density at radius 1 is 1.22 bits per heavy atom. The molecule has 27 heavy (non-hydrogen) atoms. The van der Waals surface area contributed by atoms with E-state index in [4.69, 9.17) is 0 Å². The number of aromatic nitrogens is 1. The van der Waals surface area contributed by atoms with Gasteiger partial charge in [0.2, 0.25) is 5.91 Å². The van der Waals surface area contributed by atoms with Gasteiger partial charge in [-0.3, -0.25) is 4.79 Å². The van der Waals surface area contributed by atoms with Gasteiger partial charge in [-0.2, -0.15) is 13.2 Å². The maximum absolute atomic E-state index is 12.7. The van der Waals surface area contributed by atoms with Gasteiger partial charge in [-0.15, -0.1) is 11.3 Å². The number of hydrogen-bond donors (Lipinski definition) is 2. The van der Waals surface area contributed by atoms with Gasteiger partial charge in [-0.1, -0.05) is 6.07 Å². The lowest BCUT2D eigenvalue weighted by Crippen LogP contribution is -2.30. The van der Waals surface area contributed by atoms with E-state index in [1.807, 2.05) is 0 Å². The van der Waals surface area contributed by atoms with Gasteiger partial charge in [0, 0.05) is 23.5 Å². The molecule has 1 heterocycles. The Kier molecular flexibility index (Phi) is 6.36. The lowest BCUT2D eigenvalue weighted by molar-refractivity contribution is -0.137. The summed E-state index contributed by atoms with van der Waals surface area (Å²) in [5.74, 6) is -0.245. The van der Waals surface area contributed by atoms with Crippen LogP contribution in [0, 0.1) is 0 Å². The minimum Gasteiger partial charge on any atom is -0.376 e. The molecule has 2 N–H and O–H groups in total. The highest BCUT2D eigenvalue weighted by atomic mass is 32.1. The number of alkyl halides is 3. The smallest absolute Gasteiger partial charge is 0.376 e. The number of thiazole rings is 1. The molecule has 0 saturated carbocycles. The highest BCUT2D eigenvalue weighted by Gasteiger charge is 2.30. The average molecular weight is 397 g/mol. The summed E-state index contributed by atoms with van der Waals surface area (Å²) in [7, 11) is 0. The quantitative estimate of drug-likeness (QED) is 0.689. The van der Waals surface area contributed by atoms with Crippen LogP contribution in [0.1, 0.15) is 40.4 Å². The second-order valence-corrected chi connectivity index (χ2v) is 7.74. The van der Waals surface area contributed by atoms with Crippen molar-refractivity contribution in [1.82, 2.24) is 10.3 Å². The second kappa shape index (κ2) is 8.73. The fraction of sp³-hybridized carbons (Fsp3) is 0.474. The number of fused-ring (bicyclic) bond motifs is 1. The van der Waals surface area contributed by atoms with Gasteiger partial charge in [0.1, 0.15) is 0 Å². The van der Waals surface area contributed by atoms with E-state index in [-0.39, 0.29) is 18.1 Å². The van der Waals surface area contributed by atoms with Crippen molar-refractivity contribution in [3.05, 3.63) is 45.4 Å². The van der Waals surface area contributed by atoms with Gasteiger partial charge in [0.25, 0.3) is 0 Å². The molecule has 0 radical (unpaired) electrons. The number of anilines is 1. The minimum atomic E-state index is -4.39. The van der Waals surface area contributed by atoms with Crippen molar-refractivity contribution in [1.29, 1.82) is 0 Å². The summed E-state index contributed by atoms with van der Waals surface area (Å²) < 4.78 is 38.0. The molecule has 1 aromatic heterocycles. The maximum atomic E-state index is 12.7. The van der Waals surface area contributed by atoms with E-state index in [1.54, 1.807) is 11.3 Å². The molecule has 1 amide bonds. The Bertz CT molecular complexity index is 765. The fourth-order valence-electron chi connectivity index (χ4n) is 3.03. The number of amides is 1. The van der Waals surface area contributed by atoms with Crippen LogP contribution in [0.3, 0.4) is 0 Å².